The molecule has 0 saturated heterocycles. The number of anilines is 2. The van der Waals surface area contributed by atoms with Gasteiger partial charge in [-0.2, -0.15) is 0 Å². The number of nitrogen functional groups attached to an aromatic ring is 2. The normalized spacial score (nSPS) is 10.5. The summed E-state index contributed by atoms with van der Waals surface area (Å²) in [5, 5.41) is 10.0. The van der Waals surface area contributed by atoms with Gasteiger partial charge in [0.15, 0.2) is 0 Å². The van der Waals surface area contributed by atoms with Crippen LogP contribution < -0.4 is 11.5 Å². The molecule has 0 saturated carbocycles. The summed E-state index contributed by atoms with van der Waals surface area (Å²) in [7, 11) is 0. The summed E-state index contributed by atoms with van der Waals surface area (Å²) in [6, 6.07) is 8.48. The molecule has 21 heavy (non-hydrogen) atoms. The SMILES string of the molecule is Nc1nccc(-c2ccc(O)c(-c3ccnc(N)n3)c2)n1. The Hall–Kier alpha value is -3.22. The summed E-state index contributed by atoms with van der Waals surface area (Å²) in [6.45, 7) is 0. The van der Waals surface area contributed by atoms with Crippen molar-refractivity contribution in [3.8, 4) is 28.3 Å². The van der Waals surface area contributed by atoms with E-state index < -0.39 is 0 Å². The van der Waals surface area contributed by atoms with Crippen LogP contribution in [0.1, 0.15) is 0 Å². The minimum absolute atomic E-state index is 0.0962. The summed E-state index contributed by atoms with van der Waals surface area (Å²) in [6.07, 6.45) is 3.11. The molecular weight excluding hydrogens is 268 g/mol. The quantitative estimate of drug-likeness (QED) is 0.649. The van der Waals surface area contributed by atoms with E-state index in [-0.39, 0.29) is 17.6 Å². The van der Waals surface area contributed by atoms with Crippen molar-refractivity contribution in [1.82, 2.24) is 19.9 Å². The van der Waals surface area contributed by atoms with E-state index >= 15 is 0 Å². The Balaban J connectivity index is 2.12. The fourth-order valence-electron chi connectivity index (χ4n) is 1.96. The fourth-order valence-corrected chi connectivity index (χ4v) is 1.96. The molecule has 0 fully saturated rings. The predicted octanol–water partition coefficient (Wildman–Crippen LogP) is 1.47. The highest BCUT2D eigenvalue weighted by molar-refractivity contribution is 5.74. The molecule has 2 aromatic heterocycles. The van der Waals surface area contributed by atoms with Crippen LogP contribution in [0.3, 0.4) is 0 Å². The smallest absolute Gasteiger partial charge is 0.220 e. The van der Waals surface area contributed by atoms with Gasteiger partial charge < -0.3 is 16.6 Å². The highest BCUT2D eigenvalue weighted by Gasteiger charge is 2.10. The van der Waals surface area contributed by atoms with Crippen molar-refractivity contribution in [1.29, 1.82) is 0 Å². The molecule has 1 aromatic carbocycles. The van der Waals surface area contributed by atoms with Gasteiger partial charge in [-0.3, -0.25) is 0 Å². The lowest BCUT2D eigenvalue weighted by atomic mass is 10.0. The number of nitrogens with zero attached hydrogens (tertiary/aromatic N) is 4. The molecule has 0 bridgehead atoms. The van der Waals surface area contributed by atoms with Crippen LogP contribution in [0.5, 0.6) is 5.75 Å². The van der Waals surface area contributed by atoms with E-state index in [1.807, 2.05) is 0 Å². The molecule has 104 valence electrons. The van der Waals surface area contributed by atoms with Gasteiger partial charge in [-0.1, -0.05) is 0 Å². The molecule has 3 aromatic rings. The van der Waals surface area contributed by atoms with Crippen molar-refractivity contribution < 1.29 is 5.11 Å². The van der Waals surface area contributed by atoms with E-state index in [0.717, 1.165) is 5.56 Å². The zero-order chi connectivity index (χ0) is 14.8. The lowest BCUT2D eigenvalue weighted by Gasteiger charge is -2.07. The monoisotopic (exact) mass is 280 g/mol. The third-order valence-electron chi connectivity index (χ3n) is 2.92. The number of hydrogen-bond acceptors (Lipinski definition) is 7. The lowest BCUT2D eigenvalue weighted by Crippen LogP contribution is -1.97. The number of aromatic nitrogens is 4. The number of benzene rings is 1. The van der Waals surface area contributed by atoms with Gasteiger partial charge in [0.25, 0.3) is 0 Å². The van der Waals surface area contributed by atoms with Crippen LogP contribution in [0.25, 0.3) is 22.5 Å². The van der Waals surface area contributed by atoms with Crippen LogP contribution in [-0.4, -0.2) is 25.0 Å². The lowest BCUT2D eigenvalue weighted by molar-refractivity contribution is 0.477. The number of phenols is 1. The minimum atomic E-state index is 0.0962. The topological polar surface area (TPSA) is 124 Å². The molecular formula is C14H12N6O. The van der Waals surface area contributed by atoms with Gasteiger partial charge in [0, 0.05) is 23.5 Å². The summed E-state index contributed by atoms with van der Waals surface area (Å²) < 4.78 is 0. The van der Waals surface area contributed by atoms with Crippen LogP contribution in [0.15, 0.2) is 42.7 Å². The fraction of sp³-hybridized carbons (Fsp3) is 0. The second-order valence-electron chi connectivity index (χ2n) is 4.33. The number of nitrogens with two attached hydrogens (primary N) is 2. The average molecular weight is 280 g/mol. The number of phenolic OH excluding ortho intramolecular Hbond substituents is 1. The minimum Gasteiger partial charge on any atom is -0.507 e. The highest BCUT2D eigenvalue weighted by Crippen LogP contribution is 2.32. The zero-order valence-corrected chi connectivity index (χ0v) is 10.9. The van der Waals surface area contributed by atoms with Gasteiger partial charge in [0.1, 0.15) is 5.75 Å². The molecule has 0 amide bonds. The van der Waals surface area contributed by atoms with Crippen molar-refractivity contribution >= 4 is 11.9 Å². The average Bonchev–Trinajstić information content (AvgIpc) is 2.47. The van der Waals surface area contributed by atoms with E-state index in [4.69, 9.17) is 11.5 Å². The van der Waals surface area contributed by atoms with Crippen LogP contribution in [0.2, 0.25) is 0 Å². The van der Waals surface area contributed by atoms with E-state index in [1.54, 1.807) is 36.5 Å². The van der Waals surface area contributed by atoms with Gasteiger partial charge in [0.2, 0.25) is 11.9 Å². The van der Waals surface area contributed by atoms with Crippen molar-refractivity contribution in [3.05, 3.63) is 42.7 Å². The summed E-state index contributed by atoms with van der Waals surface area (Å²) in [5.74, 6) is 0.427. The summed E-state index contributed by atoms with van der Waals surface area (Å²) >= 11 is 0. The first-order chi connectivity index (χ1) is 10.1. The number of aromatic hydroxyl groups is 1. The molecule has 7 heteroatoms. The third kappa shape index (κ3) is 2.57. The molecule has 0 aliphatic heterocycles. The van der Waals surface area contributed by atoms with Crippen LogP contribution in [0.4, 0.5) is 11.9 Å². The highest BCUT2D eigenvalue weighted by atomic mass is 16.3. The van der Waals surface area contributed by atoms with Gasteiger partial charge in [-0.15, -0.1) is 0 Å². The Morgan fingerprint density at radius 1 is 0.810 bits per heavy atom. The Morgan fingerprint density at radius 3 is 2.10 bits per heavy atom. The zero-order valence-electron chi connectivity index (χ0n) is 10.9. The van der Waals surface area contributed by atoms with Gasteiger partial charge in [-0.05, 0) is 30.3 Å². The van der Waals surface area contributed by atoms with Crippen LogP contribution in [0, 0.1) is 0 Å². The Kier molecular flexibility index (Phi) is 3.07. The summed E-state index contributed by atoms with van der Waals surface area (Å²) in [4.78, 5) is 15.9. The summed E-state index contributed by atoms with van der Waals surface area (Å²) in [5.41, 5.74) is 13.7. The molecule has 0 aliphatic carbocycles. The van der Waals surface area contributed by atoms with E-state index in [0.29, 0.717) is 17.0 Å². The Morgan fingerprint density at radius 2 is 1.43 bits per heavy atom. The molecule has 0 unspecified atom stereocenters. The third-order valence-corrected chi connectivity index (χ3v) is 2.92. The number of rotatable bonds is 2. The molecule has 0 spiro atoms. The van der Waals surface area contributed by atoms with E-state index in [1.165, 1.54) is 6.20 Å². The number of hydrogen-bond donors (Lipinski definition) is 3. The van der Waals surface area contributed by atoms with Crippen LogP contribution in [-0.2, 0) is 0 Å². The molecule has 2 heterocycles. The van der Waals surface area contributed by atoms with Crippen molar-refractivity contribution in [3.63, 3.8) is 0 Å². The molecule has 0 atom stereocenters. The van der Waals surface area contributed by atoms with E-state index in [2.05, 4.69) is 19.9 Å². The van der Waals surface area contributed by atoms with Gasteiger partial charge >= 0.3 is 0 Å². The van der Waals surface area contributed by atoms with E-state index in [9.17, 15) is 5.11 Å². The standard InChI is InChI=1S/C14H12N6O/c15-13-17-5-3-10(19-13)8-1-2-12(21)9(7-8)11-4-6-18-14(16)20-11/h1-7,21H,(H2,15,17,19)(H2,16,18,20). The maximum Gasteiger partial charge on any atom is 0.220 e. The van der Waals surface area contributed by atoms with Crippen molar-refractivity contribution in [2.45, 2.75) is 0 Å². The Bertz CT molecular complexity index is 805. The molecule has 3 rings (SSSR count). The molecule has 0 radical (unpaired) electrons. The van der Waals surface area contributed by atoms with Crippen molar-refractivity contribution in [2.24, 2.45) is 0 Å². The Labute approximate surface area is 120 Å². The first-order valence-electron chi connectivity index (χ1n) is 6.14. The van der Waals surface area contributed by atoms with Gasteiger partial charge in [-0.25, -0.2) is 19.9 Å². The maximum atomic E-state index is 10.0. The molecule has 7 nitrogen and oxygen atoms in total. The second kappa shape index (κ2) is 5.04. The molecule has 5 N–H and O–H groups in total. The van der Waals surface area contributed by atoms with Gasteiger partial charge in [0.05, 0.1) is 11.4 Å². The first-order valence-corrected chi connectivity index (χ1v) is 6.14. The first kappa shape index (κ1) is 12.8. The van der Waals surface area contributed by atoms with Crippen LogP contribution >= 0.6 is 0 Å². The second-order valence-corrected chi connectivity index (χ2v) is 4.33. The maximum absolute atomic E-state index is 10.0. The molecule has 0 aliphatic rings. The predicted molar refractivity (Wildman–Crippen MR) is 79.0 cm³/mol. The largest absolute Gasteiger partial charge is 0.507 e. The van der Waals surface area contributed by atoms with Crippen molar-refractivity contribution in [2.75, 3.05) is 11.5 Å².